The Morgan fingerprint density at radius 2 is 1.88 bits per heavy atom. The van der Waals surface area contributed by atoms with Crippen molar-refractivity contribution >= 4 is 23.3 Å². The molecule has 0 spiro atoms. The molecule has 0 radical (unpaired) electrons. The first-order valence-corrected chi connectivity index (χ1v) is 12.2. The van der Waals surface area contributed by atoms with Crippen LogP contribution in [0.4, 0.5) is 5.69 Å². The van der Waals surface area contributed by atoms with E-state index in [0.29, 0.717) is 38.0 Å². The van der Waals surface area contributed by atoms with Gasteiger partial charge in [-0.3, -0.25) is 14.4 Å². The maximum atomic E-state index is 13.4. The Labute approximate surface area is 195 Å². The summed E-state index contributed by atoms with van der Waals surface area (Å²) in [6, 6.07) is 5.55. The van der Waals surface area contributed by atoms with Crippen molar-refractivity contribution in [2.75, 3.05) is 45.3 Å². The molecule has 4 rings (SSSR count). The number of hydrogen-bond donors (Lipinski definition) is 2. The van der Waals surface area contributed by atoms with Crippen LogP contribution >= 0.6 is 0 Å². The molecule has 2 fully saturated rings. The minimum Gasteiger partial charge on any atom is -0.497 e. The molecule has 8 nitrogen and oxygen atoms in total. The van der Waals surface area contributed by atoms with E-state index < -0.39 is 17.6 Å². The molecule has 33 heavy (non-hydrogen) atoms. The van der Waals surface area contributed by atoms with E-state index in [1.54, 1.807) is 13.2 Å². The molecule has 1 unspecified atom stereocenters. The number of methoxy groups -OCH3 is 1. The van der Waals surface area contributed by atoms with E-state index in [4.69, 9.17) is 9.47 Å². The second kappa shape index (κ2) is 11.0. The fourth-order valence-corrected chi connectivity index (χ4v) is 5.17. The van der Waals surface area contributed by atoms with Crippen molar-refractivity contribution < 1.29 is 23.9 Å². The van der Waals surface area contributed by atoms with Crippen molar-refractivity contribution in [2.24, 2.45) is 5.92 Å². The number of hydrogen-bond acceptors (Lipinski definition) is 6. The van der Waals surface area contributed by atoms with E-state index >= 15 is 0 Å². The number of Topliss-reactive ketones (excluding diaryl/α,β-unsaturated/α-hetero) is 1. The second-order valence-electron chi connectivity index (χ2n) is 9.39. The molecule has 1 saturated heterocycles. The van der Waals surface area contributed by atoms with E-state index in [0.717, 1.165) is 49.8 Å². The van der Waals surface area contributed by atoms with E-state index in [1.165, 1.54) is 11.3 Å². The quantitative estimate of drug-likeness (QED) is 0.582. The van der Waals surface area contributed by atoms with Crippen LogP contribution in [-0.4, -0.2) is 68.5 Å². The fourth-order valence-electron chi connectivity index (χ4n) is 5.17. The Kier molecular flexibility index (Phi) is 7.85. The highest BCUT2D eigenvalue weighted by molar-refractivity contribution is 6.38. The van der Waals surface area contributed by atoms with Crippen LogP contribution in [0.2, 0.25) is 0 Å². The van der Waals surface area contributed by atoms with Crippen molar-refractivity contribution in [1.82, 2.24) is 10.2 Å². The number of ketones is 1. The number of anilines is 1. The summed E-state index contributed by atoms with van der Waals surface area (Å²) in [6.45, 7) is 2.02. The van der Waals surface area contributed by atoms with E-state index in [1.807, 2.05) is 12.1 Å². The van der Waals surface area contributed by atoms with Crippen LogP contribution < -0.4 is 15.4 Å². The average molecular weight is 458 g/mol. The van der Waals surface area contributed by atoms with Crippen LogP contribution in [0.3, 0.4) is 0 Å². The first-order chi connectivity index (χ1) is 16.0. The zero-order chi connectivity index (χ0) is 23.2. The number of benzene rings is 1. The third-order valence-electron chi connectivity index (χ3n) is 7.07. The monoisotopic (exact) mass is 457 g/mol. The predicted octanol–water partition coefficient (Wildman–Crippen LogP) is 2.48. The SMILES string of the molecule is COc1ccc2c(c1)NCC2C(=O)C(=O)N(CC(=O)NC1CCOCC1)CC1CCCCC1. The smallest absolute Gasteiger partial charge is 0.291 e. The number of nitrogens with zero attached hydrogens (tertiary/aromatic N) is 1. The van der Waals surface area contributed by atoms with Crippen LogP contribution in [0.1, 0.15) is 56.4 Å². The van der Waals surface area contributed by atoms with Gasteiger partial charge in [-0.15, -0.1) is 0 Å². The van der Waals surface area contributed by atoms with Crippen molar-refractivity contribution in [2.45, 2.75) is 56.9 Å². The van der Waals surface area contributed by atoms with Gasteiger partial charge in [0.05, 0.1) is 19.6 Å². The summed E-state index contributed by atoms with van der Waals surface area (Å²) in [7, 11) is 1.59. The average Bonchev–Trinajstić information content (AvgIpc) is 3.27. The number of carbonyl (C=O) groups excluding carboxylic acids is 3. The van der Waals surface area contributed by atoms with Gasteiger partial charge in [0.2, 0.25) is 11.7 Å². The predicted molar refractivity (Wildman–Crippen MR) is 124 cm³/mol. The minimum atomic E-state index is -0.557. The number of ether oxygens (including phenoxy) is 2. The van der Waals surface area contributed by atoms with Crippen molar-refractivity contribution in [1.29, 1.82) is 0 Å². The number of amides is 2. The van der Waals surface area contributed by atoms with Gasteiger partial charge < -0.3 is 25.0 Å². The molecular weight excluding hydrogens is 422 g/mol. The normalized spacial score (nSPS) is 21.1. The number of fused-ring (bicyclic) bond motifs is 1. The summed E-state index contributed by atoms with van der Waals surface area (Å²) in [5.74, 6) is -0.729. The summed E-state index contributed by atoms with van der Waals surface area (Å²) in [4.78, 5) is 41.0. The lowest BCUT2D eigenvalue weighted by atomic mass is 9.88. The third kappa shape index (κ3) is 5.85. The molecule has 1 saturated carbocycles. The van der Waals surface area contributed by atoms with Crippen LogP contribution in [0.5, 0.6) is 5.75 Å². The lowest BCUT2D eigenvalue weighted by molar-refractivity contribution is -0.147. The first-order valence-electron chi connectivity index (χ1n) is 12.2. The van der Waals surface area contributed by atoms with E-state index in [-0.39, 0.29) is 18.5 Å². The zero-order valence-electron chi connectivity index (χ0n) is 19.4. The molecule has 2 amide bonds. The molecule has 3 aliphatic rings. The Morgan fingerprint density at radius 3 is 2.61 bits per heavy atom. The molecule has 1 aromatic rings. The van der Waals surface area contributed by atoms with Crippen LogP contribution in [-0.2, 0) is 19.1 Å². The van der Waals surface area contributed by atoms with Gasteiger partial charge in [0, 0.05) is 44.1 Å². The minimum absolute atomic E-state index is 0.0643. The van der Waals surface area contributed by atoms with Gasteiger partial charge in [-0.25, -0.2) is 0 Å². The van der Waals surface area contributed by atoms with Crippen LogP contribution in [0.25, 0.3) is 0 Å². The summed E-state index contributed by atoms with van der Waals surface area (Å²) in [5, 5.41) is 6.24. The fraction of sp³-hybridized carbons (Fsp3) is 0.640. The molecule has 2 aliphatic heterocycles. The highest BCUT2D eigenvalue weighted by atomic mass is 16.5. The number of rotatable bonds is 8. The molecule has 2 N–H and O–H groups in total. The van der Waals surface area contributed by atoms with Gasteiger partial charge in [0.25, 0.3) is 5.91 Å². The van der Waals surface area contributed by atoms with Crippen molar-refractivity contribution in [3.05, 3.63) is 23.8 Å². The van der Waals surface area contributed by atoms with Gasteiger partial charge in [0.1, 0.15) is 5.75 Å². The van der Waals surface area contributed by atoms with Gasteiger partial charge in [-0.1, -0.05) is 25.3 Å². The maximum absolute atomic E-state index is 13.4. The maximum Gasteiger partial charge on any atom is 0.291 e. The third-order valence-corrected chi connectivity index (χ3v) is 7.07. The Bertz CT molecular complexity index is 862. The standard InChI is InChI=1S/C25H35N3O5/c1-32-19-7-8-20-21(14-26-22(20)13-19)24(30)25(31)28(15-17-5-3-2-4-6-17)16-23(29)27-18-9-11-33-12-10-18/h7-8,13,17-18,21,26H,2-6,9-12,14-16H2,1H3,(H,27,29). The van der Waals surface area contributed by atoms with E-state index in [2.05, 4.69) is 10.6 Å². The summed E-state index contributed by atoms with van der Waals surface area (Å²) >= 11 is 0. The van der Waals surface area contributed by atoms with Gasteiger partial charge in [-0.05, 0) is 43.2 Å². The van der Waals surface area contributed by atoms with Crippen molar-refractivity contribution in [3.63, 3.8) is 0 Å². The summed E-state index contributed by atoms with van der Waals surface area (Å²) < 4.78 is 10.6. The molecule has 0 bridgehead atoms. The molecule has 0 aromatic heterocycles. The van der Waals surface area contributed by atoms with Crippen molar-refractivity contribution in [3.8, 4) is 5.75 Å². The lowest BCUT2D eigenvalue weighted by Gasteiger charge is -2.30. The highest BCUT2D eigenvalue weighted by Crippen LogP contribution is 2.35. The summed E-state index contributed by atoms with van der Waals surface area (Å²) in [6.07, 6.45) is 7.10. The largest absolute Gasteiger partial charge is 0.497 e. The lowest BCUT2D eigenvalue weighted by Crippen LogP contribution is -2.49. The molecular formula is C25H35N3O5. The Hall–Kier alpha value is -2.61. The van der Waals surface area contributed by atoms with E-state index in [9.17, 15) is 14.4 Å². The molecule has 2 heterocycles. The van der Waals surface area contributed by atoms with Crippen LogP contribution in [0.15, 0.2) is 18.2 Å². The topological polar surface area (TPSA) is 97.0 Å². The molecule has 180 valence electrons. The number of carbonyl (C=O) groups is 3. The van der Waals surface area contributed by atoms with Gasteiger partial charge in [-0.2, -0.15) is 0 Å². The highest BCUT2D eigenvalue weighted by Gasteiger charge is 2.36. The molecule has 8 heteroatoms. The summed E-state index contributed by atoms with van der Waals surface area (Å²) in [5.41, 5.74) is 1.62. The van der Waals surface area contributed by atoms with Crippen LogP contribution in [0, 0.1) is 5.92 Å². The Balaban J connectivity index is 1.45. The molecule has 1 aromatic carbocycles. The second-order valence-corrected chi connectivity index (χ2v) is 9.39. The van der Waals surface area contributed by atoms with Gasteiger partial charge >= 0.3 is 0 Å². The Morgan fingerprint density at radius 1 is 1.12 bits per heavy atom. The zero-order valence-corrected chi connectivity index (χ0v) is 19.4. The number of nitrogens with one attached hydrogen (secondary N) is 2. The molecule has 1 atom stereocenters. The van der Waals surface area contributed by atoms with Gasteiger partial charge in [0.15, 0.2) is 0 Å². The first kappa shape index (κ1) is 23.5. The molecule has 1 aliphatic carbocycles.